The molecule has 3 aliphatic rings. The molecule has 2 aromatic rings. The van der Waals surface area contributed by atoms with Crippen LogP contribution in [0.2, 0.25) is 0 Å². The molecule has 0 bridgehead atoms. The molecule has 5 nitrogen and oxygen atoms in total. The van der Waals surface area contributed by atoms with Crippen molar-refractivity contribution in [2.24, 2.45) is 23.2 Å². The van der Waals surface area contributed by atoms with Crippen molar-refractivity contribution in [2.75, 3.05) is 23.3 Å². The monoisotopic (exact) mass is 431 g/mol. The van der Waals surface area contributed by atoms with E-state index in [0.29, 0.717) is 23.2 Å². The number of benzene rings is 1. The second-order valence-corrected chi connectivity index (χ2v) is 10.7. The van der Waals surface area contributed by atoms with E-state index in [9.17, 15) is 0 Å². The van der Waals surface area contributed by atoms with Gasteiger partial charge in [0.05, 0.1) is 0 Å². The van der Waals surface area contributed by atoms with E-state index in [1.165, 1.54) is 31.0 Å². The molecule has 1 aromatic carbocycles. The molecule has 5 heteroatoms. The lowest BCUT2D eigenvalue weighted by Crippen LogP contribution is -2.44. The van der Waals surface area contributed by atoms with Crippen LogP contribution in [-0.4, -0.2) is 29.3 Å². The number of hydrogen-bond acceptors (Lipinski definition) is 5. The maximum Gasteiger partial charge on any atom is 0.136 e. The Labute approximate surface area is 192 Å². The number of nitrogens with zero attached hydrogens (tertiary/aromatic N) is 3. The lowest BCUT2D eigenvalue weighted by molar-refractivity contribution is 0.240. The van der Waals surface area contributed by atoms with E-state index in [1.54, 1.807) is 0 Å². The molecular formula is C27H37N5. The number of aromatic nitrogens is 2. The Morgan fingerprint density at radius 1 is 1.12 bits per heavy atom. The fourth-order valence-corrected chi connectivity index (χ4v) is 5.59. The van der Waals surface area contributed by atoms with Crippen LogP contribution in [0.1, 0.15) is 76.2 Å². The van der Waals surface area contributed by atoms with Crippen LogP contribution in [0.25, 0.3) is 0 Å². The normalized spacial score (nSPS) is 27.9. The molecule has 1 aromatic heterocycles. The zero-order chi connectivity index (χ0) is 22.5. The lowest BCUT2D eigenvalue weighted by Gasteiger charge is -2.40. The predicted molar refractivity (Wildman–Crippen MR) is 132 cm³/mol. The predicted octanol–water partition coefficient (Wildman–Crippen LogP) is 6.17. The first-order valence-corrected chi connectivity index (χ1v) is 12.5. The summed E-state index contributed by atoms with van der Waals surface area (Å²) in [5.74, 6) is 5.51. The summed E-state index contributed by atoms with van der Waals surface area (Å²) >= 11 is 0. The van der Waals surface area contributed by atoms with Crippen molar-refractivity contribution in [3.63, 3.8) is 0 Å². The quantitative estimate of drug-likeness (QED) is 0.515. The number of piperidine rings is 1. The van der Waals surface area contributed by atoms with Gasteiger partial charge < -0.3 is 15.6 Å². The van der Waals surface area contributed by atoms with Crippen LogP contribution in [0, 0.1) is 28.6 Å². The van der Waals surface area contributed by atoms with E-state index in [2.05, 4.69) is 62.2 Å². The lowest BCUT2D eigenvalue weighted by atomic mass is 9.81. The first kappa shape index (κ1) is 21.4. The summed E-state index contributed by atoms with van der Waals surface area (Å²) in [6.45, 7) is 11.3. The van der Waals surface area contributed by atoms with Gasteiger partial charge >= 0.3 is 0 Å². The van der Waals surface area contributed by atoms with Gasteiger partial charge in [0.1, 0.15) is 17.5 Å². The van der Waals surface area contributed by atoms with Crippen molar-refractivity contribution >= 4 is 23.5 Å². The van der Waals surface area contributed by atoms with Gasteiger partial charge in [-0.25, -0.2) is 9.97 Å². The van der Waals surface area contributed by atoms with Crippen LogP contribution in [0.4, 0.5) is 17.3 Å². The van der Waals surface area contributed by atoms with Crippen molar-refractivity contribution in [3.05, 3.63) is 41.2 Å². The Morgan fingerprint density at radius 2 is 1.88 bits per heavy atom. The van der Waals surface area contributed by atoms with Gasteiger partial charge in [0.2, 0.25) is 0 Å². The molecule has 0 radical (unpaired) electrons. The highest BCUT2D eigenvalue weighted by molar-refractivity contribution is 5.87. The van der Waals surface area contributed by atoms with Gasteiger partial charge in [-0.3, -0.25) is 0 Å². The third-order valence-corrected chi connectivity index (χ3v) is 8.35. The minimum Gasteiger partial charge on any atom is -0.356 e. The highest BCUT2D eigenvalue weighted by atomic mass is 15.2. The summed E-state index contributed by atoms with van der Waals surface area (Å²) in [6, 6.07) is 8.67. The number of anilines is 3. The third kappa shape index (κ3) is 4.02. The molecule has 1 spiro atoms. The summed E-state index contributed by atoms with van der Waals surface area (Å²) in [6.07, 6.45) is 7.44. The van der Waals surface area contributed by atoms with Crippen molar-refractivity contribution < 1.29 is 0 Å². The van der Waals surface area contributed by atoms with Gasteiger partial charge in [-0.15, -0.1) is 0 Å². The summed E-state index contributed by atoms with van der Waals surface area (Å²) < 4.78 is 0. The first-order valence-electron chi connectivity index (χ1n) is 12.5. The van der Waals surface area contributed by atoms with Crippen LogP contribution in [0.3, 0.4) is 0 Å². The van der Waals surface area contributed by atoms with Crippen molar-refractivity contribution in [3.8, 4) is 0 Å². The fourth-order valence-electron chi connectivity index (χ4n) is 5.59. The van der Waals surface area contributed by atoms with Crippen LogP contribution in [-0.2, 0) is 6.42 Å². The van der Waals surface area contributed by atoms with Crippen LogP contribution in [0.5, 0.6) is 0 Å². The van der Waals surface area contributed by atoms with E-state index < -0.39 is 0 Å². The number of rotatable bonds is 7. The van der Waals surface area contributed by atoms with Crippen LogP contribution < -0.4 is 10.2 Å². The molecule has 1 saturated heterocycles. The summed E-state index contributed by atoms with van der Waals surface area (Å²) in [5, 5.41) is 11.5. The zero-order valence-corrected chi connectivity index (χ0v) is 20.0. The molecule has 2 heterocycles. The van der Waals surface area contributed by atoms with E-state index >= 15 is 0 Å². The van der Waals surface area contributed by atoms with Gasteiger partial charge in [0, 0.05) is 43.0 Å². The summed E-state index contributed by atoms with van der Waals surface area (Å²) in [7, 11) is 0. The number of hydrogen-bond donors (Lipinski definition) is 2. The van der Waals surface area contributed by atoms with Crippen molar-refractivity contribution in [1.29, 1.82) is 5.41 Å². The smallest absolute Gasteiger partial charge is 0.136 e. The largest absolute Gasteiger partial charge is 0.356 e. The maximum atomic E-state index is 7.90. The molecule has 3 fully saturated rings. The molecule has 2 saturated carbocycles. The van der Waals surface area contributed by atoms with E-state index in [4.69, 9.17) is 15.4 Å². The van der Waals surface area contributed by atoms with Gasteiger partial charge in [-0.1, -0.05) is 39.8 Å². The standard InChI is InChI=1S/C27H37N5/c1-5-6-24-30-25(12-26(31-24)32-15-17(2)19(4)18(3)16-32)29-23-11-20(7-8-21(23)14-28)22-13-27(22)9-10-27/h7-8,11-12,14,17-19,22,28H,5-6,9-10,13,15-16H2,1-4H3,(H,29,30,31). The number of aryl methyl sites for hydroxylation is 1. The highest BCUT2D eigenvalue weighted by Crippen LogP contribution is 2.75. The first-order chi connectivity index (χ1) is 15.4. The fraction of sp³-hybridized carbons (Fsp3) is 0.593. The maximum absolute atomic E-state index is 7.90. The zero-order valence-electron chi connectivity index (χ0n) is 20.0. The summed E-state index contributed by atoms with van der Waals surface area (Å²) in [5.41, 5.74) is 3.93. The molecule has 2 aliphatic carbocycles. The van der Waals surface area contributed by atoms with Gasteiger partial charge in [-0.2, -0.15) is 0 Å². The van der Waals surface area contributed by atoms with Crippen molar-refractivity contribution in [2.45, 2.75) is 65.7 Å². The Morgan fingerprint density at radius 3 is 2.50 bits per heavy atom. The highest BCUT2D eigenvalue weighted by Gasteiger charge is 2.62. The molecule has 3 atom stereocenters. The second-order valence-electron chi connectivity index (χ2n) is 10.7. The third-order valence-electron chi connectivity index (χ3n) is 8.35. The van der Waals surface area contributed by atoms with Crippen molar-refractivity contribution in [1.82, 2.24) is 9.97 Å². The molecule has 1 aliphatic heterocycles. The molecule has 5 rings (SSSR count). The SMILES string of the molecule is CCCc1nc(Nc2cc(C3CC34CC4)ccc2C=N)cc(N2CC(C)C(C)C(C)C2)n1. The molecular weight excluding hydrogens is 394 g/mol. The topological polar surface area (TPSA) is 64.9 Å². The minimum absolute atomic E-state index is 0.624. The molecule has 3 unspecified atom stereocenters. The van der Waals surface area contributed by atoms with Gasteiger partial charge in [0.25, 0.3) is 0 Å². The van der Waals surface area contributed by atoms with Gasteiger partial charge in [-0.05, 0) is 66.4 Å². The average molecular weight is 432 g/mol. The second kappa shape index (κ2) is 8.17. The molecule has 2 N–H and O–H groups in total. The van der Waals surface area contributed by atoms with Crippen LogP contribution >= 0.6 is 0 Å². The molecule has 170 valence electrons. The Kier molecular flexibility index (Phi) is 5.47. The molecule has 32 heavy (non-hydrogen) atoms. The summed E-state index contributed by atoms with van der Waals surface area (Å²) in [4.78, 5) is 12.2. The Balaban J connectivity index is 1.44. The molecule has 0 amide bonds. The van der Waals surface area contributed by atoms with E-state index in [-0.39, 0.29) is 0 Å². The average Bonchev–Trinajstić information content (AvgIpc) is 3.70. The Bertz CT molecular complexity index is 999. The van der Waals surface area contributed by atoms with Gasteiger partial charge in [0.15, 0.2) is 0 Å². The Hall–Kier alpha value is -2.43. The van der Waals surface area contributed by atoms with E-state index in [1.807, 2.05) is 0 Å². The number of nitrogens with one attached hydrogen (secondary N) is 2. The van der Waals surface area contributed by atoms with E-state index in [0.717, 1.165) is 60.6 Å². The van der Waals surface area contributed by atoms with Crippen LogP contribution in [0.15, 0.2) is 24.3 Å². The minimum atomic E-state index is 0.624.